The van der Waals surface area contributed by atoms with Crippen LogP contribution in [0.5, 0.6) is 0 Å². The number of anilines is 1. The summed E-state index contributed by atoms with van der Waals surface area (Å²) in [5.74, 6) is -0.652. The molecule has 0 bridgehead atoms. The average Bonchev–Trinajstić information content (AvgIpc) is 3.23. The first-order valence-corrected chi connectivity index (χ1v) is 10.8. The van der Waals surface area contributed by atoms with Crippen molar-refractivity contribution in [1.29, 1.82) is 0 Å². The van der Waals surface area contributed by atoms with E-state index in [1.54, 1.807) is 4.90 Å². The molecule has 0 aliphatic carbocycles. The molecule has 0 saturated carbocycles. The molecule has 0 atom stereocenters. The van der Waals surface area contributed by atoms with Crippen molar-refractivity contribution in [2.75, 3.05) is 38.0 Å². The highest BCUT2D eigenvalue weighted by molar-refractivity contribution is 7.18. The van der Waals surface area contributed by atoms with Crippen molar-refractivity contribution in [3.05, 3.63) is 65.5 Å². The maximum absolute atomic E-state index is 13.0. The second kappa shape index (κ2) is 9.32. The number of benzene rings is 2. The van der Waals surface area contributed by atoms with Gasteiger partial charge in [0.25, 0.3) is 5.91 Å². The van der Waals surface area contributed by atoms with Gasteiger partial charge in [0.2, 0.25) is 11.0 Å². The summed E-state index contributed by atoms with van der Waals surface area (Å²) in [6.07, 6.45) is 0. The van der Waals surface area contributed by atoms with E-state index in [2.05, 4.69) is 15.5 Å². The number of carbonyl (C=O) groups excluding carboxylic acids is 2. The first kappa shape index (κ1) is 21.1. The Bertz CT molecular complexity index is 1080. The molecule has 1 aliphatic heterocycles. The standard InChI is InChI=1S/C22H22FN5O2S/c1-15-3-2-4-17(13-15)20-25-26-22(31-20)24-19(29)14-27-9-11-28(12-10-27)21(30)16-5-7-18(23)8-6-16/h2-8,13H,9-12,14H2,1H3,(H,24,26,29). The lowest BCUT2D eigenvalue weighted by atomic mass is 10.1. The molecule has 3 aromatic rings. The second-order valence-electron chi connectivity index (χ2n) is 7.41. The number of aryl methyl sites for hydroxylation is 1. The van der Waals surface area contributed by atoms with Crippen LogP contribution in [0, 0.1) is 12.7 Å². The van der Waals surface area contributed by atoms with Gasteiger partial charge < -0.3 is 4.90 Å². The number of hydrogen-bond donors (Lipinski definition) is 1. The summed E-state index contributed by atoms with van der Waals surface area (Å²) in [7, 11) is 0. The highest BCUT2D eigenvalue weighted by Gasteiger charge is 2.23. The predicted molar refractivity (Wildman–Crippen MR) is 117 cm³/mol. The van der Waals surface area contributed by atoms with E-state index >= 15 is 0 Å². The summed E-state index contributed by atoms with van der Waals surface area (Å²) < 4.78 is 13.0. The van der Waals surface area contributed by atoms with Gasteiger partial charge in [0.05, 0.1) is 6.54 Å². The number of piperazine rings is 1. The fourth-order valence-electron chi connectivity index (χ4n) is 3.41. The Labute approximate surface area is 183 Å². The molecule has 0 radical (unpaired) electrons. The minimum absolute atomic E-state index is 0.123. The van der Waals surface area contributed by atoms with E-state index < -0.39 is 0 Å². The van der Waals surface area contributed by atoms with Gasteiger partial charge in [-0.05, 0) is 37.3 Å². The molecule has 2 amide bonds. The SMILES string of the molecule is Cc1cccc(-c2nnc(NC(=O)CN3CCN(C(=O)c4ccc(F)cc4)CC3)s2)c1. The van der Waals surface area contributed by atoms with E-state index in [1.807, 2.05) is 36.1 Å². The Hall–Kier alpha value is -3.17. The average molecular weight is 440 g/mol. The highest BCUT2D eigenvalue weighted by atomic mass is 32.1. The fourth-order valence-corrected chi connectivity index (χ4v) is 4.17. The number of nitrogens with zero attached hydrogens (tertiary/aromatic N) is 4. The number of hydrogen-bond acceptors (Lipinski definition) is 6. The van der Waals surface area contributed by atoms with Crippen LogP contribution in [0.15, 0.2) is 48.5 Å². The van der Waals surface area contributed by atoms with E-state index in [0.29, 0.717) is 36.9 Å². The molecule has 160 valence electrons. The molecular weight excluding hydrogens is 417 g/mol. The van der Waals surface area contributed by atoms with E-state index in [4.69, 9.17) is 0 Å². The Kier molecular flexibility index (Phi) is 6.34. The first-order valence-electron chi connectivity index (χ1n) is 9.95. The van der Waals surface area contributed by atoms with Crippen LogP contribution in [-0.4, -0.2) is 64.5 Å². The van der Waals surface area contributed by atoms with Crippen LogP contribution in [-0.2, 0) is 4.79 Å². The molecule has 1 aromatic heterocycles. The zero-order valence-corrected chi connectivity index (χ0v) is 17.9. The zero-order valence-electron chi connectivity index (χ0n) is 17.0. The van der Waals surface area contributed by atoms with Crippen LogP contribution in [0.1, 0.15) is 15.9 Å². The largest absolute Gasteiger partial charge is 0.336 e. The van der Waals surface area contributed by atoms with Crippen LogP contribution in [0.3, 0.4) is 0 Å². The summed E-state index contributed by atoms with van der Waals surface area (Å²) in [6, 6.07) is 13.5. The van der Waals surface area contributed by atoms with Crippen molar-refractivity contribution in [2.45, 2.75) is 6.92 Å². The van der Waals surface area contributed by atoms with Crippen molar-refractivity contribution in [3.63, 3.8) is 0 Å². The molecular formula is C22H22FN5O2S. The zero-order chi connectivity index (χ0) is 21.8. The molecule has 2 aromatic carbocycles. The van der Waals surface area contributed by atoms with Crippen molar-refractivity contribution < 1.29 is 14.0 Å². The van der Waals surface area contributed by atoms with Crippen LogP contribution in [0.25, 0.3) is 10.6 Å². The van der Waals surface area contributed by atoms with Gasteiger partial charge in [-0.1, -0.05) is 35.1 Å². The van der Waals surface area contributed by atoms with Crippen molar-refractivity contribution >= 4 is 28.3 Å². The molecule has 0 spiro atoms. The lowest BCUT2D eigenvalue weighted by Crippen LogP contribution is -2.50. The van der Waals surface area contributed by atoms with Gasteiger partial charge in [0.1, 0.15) is 10.8 Å². The van der Waals surface area contributed by atoms with E-state index in [9.17, 15) is 14.0 Å². The number of halogens is 1. The molecule has 1 saturated heterocycles. The third-order valence-electron chi connectivity index (χ3n) is 5.05. The number of nitrogens with one attached hydrogen (secondary N) is 1. The topological polar surface area (TPSA) is 78.4 Å². The Balaban J connectivity index is 1.27. The third kappa shape index (κ3) is 5.31. The Morgan fingerprint density at radius 3 is 2.52 bits per heavy atom. The van der Waals surface area contributed by atoms with Gasteiger partial charge in [-0.25, -0.2) is 4.39 Å². The molecule has 1 N–H and O–H groups in total. The monoisotopic (exact) mass is 439 g/mol. The lowest BCUT2D eigenvalue weighted by molar-refractivity contribution is -0.117. The fraction of sp³-hybridized carbons (Fsp3) is 0.273. The smallest absolute Gasteiger partial charge is 0.253 e. The second-order valence-corrected chi connectivity index (χ2v) is 8.38. The van der Waals surface area contributed by atoms with Gasteiger partial charge in [0, 0.05) is 37.3 Å². The first-order chi connectivity index (χ1) is 15.0. The van der Waals surface area contributed by atoms with Gasteiger partial charge in [-0.3, -0.25) is 19.8 Å². The predicted octanol–water partition coefficient (Wildman–Crippen LogP) is 3.05. The van der Waals surface area contributed by atoms with Gasteiger partial charge >= 0.3 is 0 Å². The highest BCUT2D eigenvalue weighted by Crippen LogP contribution is 2.26. The normalized spacial score (nSPS) is 14.5. The molecule has 9 heteroatoms. The van der Waals surface area contributed by atoms with Crippen LogP contribution in [0.4, 0.5) is 9.52 Å². The maximum Gasteiger partial charge on any atom is 0.253 e. The Morgan fingerprint density at radius 2 is 1.81 bits per heavy atom. The number of rotatable bonds is 5. The van der Waals surface area contributed by atoms with Crippen molar-refractivity contribution in [1.82, 2.24) is 20.0 Å². The van der Waals surface area contributed by atoms with Gasteiger partial charge in [-0.2, -0.15) is 0 Å². The van der Waals surface area contributed by atoms with Crippen LogP contribution >= 0.6 is 11.3 Å². The van der Waals surface area contributed by atoms with Crippen LogP contribution < -0.4 is 5.32 Å². The summed E-state index contributed by atoms with van der Waals surface area (Å²) in [6.45, 7) is 4.44. The molecule has 0 unspecified atom stereocenters. The summed E-state index contributed by atoms with van der Waals surface area (Å²) >= 11 is 1.34. The minimum Gasteiger partial charge on any atom is -0.336 e. The lowest BCUT2D eigenvalue weighted by Gasteiger charge is -2.34. The number of carbonyl (C=O) groups is 2. The summed E-state index contributed by atoms with van der Waals surface area (Å²) in [4.78, 5) is 28.6. The molecule has 2 heterocycles. The third-order valence-corrected chi connectivity index (χ3v) is 5.94. The minimum atomic E-state index is -0.367. The van der Waals surface area contributed by atoms with E-state index in [1.165, 1.54) is 35.6 Å². The molecule has 31 heavy (non-hydrogen) atoms. The molecule has 4 rings (SSSR count). The van der Waals surface area contributed by atoms with Crippen LogP contribution in [0.2, 0.25) is 0 Å². The number of amides is 2. The number of aromatic nitrogens is 2. The Morgan fingerprint density at radius 1 is 1.06 bits per heavy atom. The van der Waals surface area contributed by atoms with Gasteiger partial charge in [0.15, 0.2) is 0 Å². The maximum atomic E-state index is 13.0. The molecule has 7 nitrogen and oxygen atoms in total. The summed E-state index contributed by atoms with van der Waals surface area (Å²) in [5.41, 5.74) is 2.57. The molecule has 1 fully saturated rings. The van der Waals surface area contributed by atoms with E-state index in [-0.39, 0.29) is 24.2 Å². The quantitative estimate of drug-likeness (QED) is 0.661. The summed E-state index contributed by atoms with van der Waals surface area (Å²) in [5, 5.41) is 12.3. The van der Waals surface area contributed by atoms with Gasteiger partial charge in [-0.15, -0.1) is 10.2 Å². The van der Waals surface area contributed by atoms with Crippen molar-refractivity contribution in [2.24, 2.45) is 0 Å². The molecule has 1 aliphatic rings. The van der Waals surface area contributed by atoms with Crippen molar-refractivity contribution in [3.8, 4) is 10.6 Å². The van der Waals surface area contributed by atoms with E-state index in [0.717, 1.165) is 16.1 Å².